The molecule has 1 fully saturated rings. The molecule has 0 radical (unpaired) electrons. The quantitative estimate of drug-likeness (QED) is 0.574. The fourth-order valence-corrected chi connectivity index (χ4v) is 2.08. The normalized spacial score (nSPS) is 31.2. The molecule has 2 unspecified atom stereocenters. The molecule has 0 bridgehead atoms. The van der Waals surface area contributed by atoms with Gasteiger partial charge in [0.05, 0.1) is 6.61 Å². The maximum Gasteiger partial charge on any atom is 0.305 e. The third-order valence-corrected chi connectivity index (χ3v) is 3.36. The fourth-order valence-electron chi connectivity index (χ4n) is 2.08. The molecule has 15 heavy (non-hydrogen) atoms. The fraction of sp³-hybridized carbons (Fsp3) is 0.923. The molecule has 0 saturated carbocycles. The molecule has 0 amide bonds. The van der Waals surface area contributed by atoms with Gasteiger partial charge in [-0.3, -0.25) is 4.79 Å². The number of hydrogen-bond acceptors (Lipinski definition) is 2. The molecule has 1 rings (SSSR count). The zero-order chi connectivity index (χ0) is 11.1. The van der Waals surface area contributed by atoms with Crippen LogP contribution in [0.5, 0.6) is 0 Å². The van der Waals surface area contributed by atoms with E-state index in [9.17, 15) is 4.79 Å². The monoisotopic (exact) mass is 212 g/mol. The minimum absolute atomic E-state index is 0.00498. The number of rotatable bonds is 0. The smallest absolute Gasteiger partial charge is 0.305 e. The standard InChI is InChI=1S/C13H24O2/c1-11-5-3-4-6-12(2)9-10-15-13(14)8-7-11/h11-12H,3-10H2,1-2H3. The Morgan fingerprint density at radius 2 is 1.60 bits per heavy atom. The molecule has 0 N–H and O–H groups in total. The Labute approximate surface area is 93.4 Å². The van der Waals surface area contributed by atoms with Gasteiger partial charge in [-0.1, -0.05) is 39.5 Å². The largest absolute Gasteiger partial charge is 0.466 e. The Morgan fingerprint density at radius 3 is 2.27 bits per heavy atom. The molecule has 2 heteroatoms. The number of hydrogen-bond donors (Lipinski definition) is 0. The topological polar surface area (TPSA) is 26.3 Å². The van der Waals surface area contributed by atoms with Gasteiger partial charge < -0.3 is 4.74 Å². The molecule has 1 saturated heterocycles. The molecule has 2 nitrogen and oxygen atoms in total. The highest BCUT2D eigenvalue weighted by atomic mass is 16.5. The second kappa shape index (κ2) is 6.86. The minimum atomic E-state index is -0.00498. The van der Waals surface area contributed by atoms with Crippen molar-refractivity contribution in [3.63, 3.8) is 0 Å². The van der Waals surface area contributed by atoms with E-state index in [1.54, 1.807) is 0 Å². The Morgan fingerprint density at radius 1 is 1.00 bits per heavy atom. The highest BCUT2D eigenvalue weighted by Crippen LogP contribution is 2.19. The minimum Gasteiger partial charge on any atom is -0.466 e. The second-order valence-electron chi connectivity index (χ2n) is 5.04. The Hall–Kier alpha value is -0.530. The van der Waals surface area contributed by atoms with Crippen molar-refractivity contribution in [1.29, 1.82) is 0 Å². The van der Waals surface area contributed by atoms with Gasteiger partial charge in [-0.15, -0.1) is 0 Å². The zero-order valence-corrected chi connectivity index (χ0v) is 10.1. The van der Waals surface area contributed by atoms with E-state index in [1.165, 1.54) is 25.7 Å². The van der Waals surface area contributed by atoms with Gasteiger partial charge in [-0.25, -0.2) is 0 Å². The third kappa shape index (κ3) is 5.81. The first kappa shape index (κ1) is 12.5. The maximum atomic E-state index is 11.3. The van der Waals surface area contributed by atoms with Gasteiger partial charge >= 0.3 is 5.97 Å². The summed E-state index contributed by atoms with van der Waals surface area (Å²) >= 11 is 0. The summed E-state index contributed by atoms with van der Waals surface area (Å²) in [5.74, 6) is 1.37. The molecular formula is C13H24O2. The SMILES string of the molecule is CC1CCCCC(C)CCC(=O)OCC1. The van der Waals surface area contributed by atoms with E-state index in [1.807, 2.05) is 0 Å². The Kier molecular flexibility index (Phi) is 5.74. The summed E-state index contributed by atoms with van der Waals surface area (Å²) in [6, 6.07) is 0. The van der Waals surface area contributed by atoms with E-state index in [0.717, 1.165) is 12.8 Å². The Bertz CT molecular complexity index is 189. The number of carbonyl (C=O) groups excluding carboxylic acids is 1. The molecule has 88 valence electrons. The van der Waals surface area contributed by atoms with Crippen molar-refractivity contribution in [2.45, 2.75) is 58.8 Å². The van der Waals surface area contributed by atoms with Crippen molar-refractivity contribution in [2.24, 2.45) is 11.8 Å². The van der Waals surface area contributed by atoms with Crippen molar-refractivity contribution in [3.05, 3.63) is 0 Å². The van der Waals surface area contributed by atoms with Crippen LogP contribution in [0.3, 0.4) is 0 Å². The van der Waals surface area contributed by atoms with Gasteiger partial charge in [0.1, 0.15) is 0 Å². The van der Waals surface area contributed by atoms with Crippen molar-refractivity contribution < 1.29 is 9.53 Å². The molecule has 0 aromatic rings. The van der Waals surface area contributed by atoms with Crippen LogP contribution in [0.2, 0.25) is 0 Å². The highest BCUT2D eigenvalue weighted by Gasteiger charge is 2.11. The van der Waals surface area contributed by atoms with Crippen LogP contribution in [0.15, 0.2) is 0 Å². The molecule has 0 aromatic carbocycles. The van der Waals surface area contributed by atoms with Gasteiger partial charge in [0.25, 0.3) is 0 Å². The van der Waals surface area contributed by atoms with E-state index in [2.05, 4.69) is 13.8 Å². The summed E-state index contributed by atoms with van der Waals surface area (Å²) in [6.45, 7) is 5.11. The van der Waals surface area contributed by atoms with E-state index >= 15 is 0 Å². The number of carbonyl (C=O) groups is 1. The summed E-state index contributed by atoms with van der Waals surface area (Å²) in [4.78, 5) is 11.3. The van der Waals surface area contributed by atoms with Crippen LogP contribution >= 0.6 is 0 Å². The van der Waals surface area contributed by atoms with Crippen LogP contribution in [0.4, 0.5) is 0 Å². The molecule has 0 aromatic heterocycles. The van der Waals surface area contributed by atoms with E-state index in [0.29, 0.717) is 24.9 Å². The average Bonchev–Trinajstić information content (AvgIpc) is 2.20. The predicted molar refractivity (Wildman–Crippen MR) is 61.6 cm³/mol. The number of esters is 1. The molecule has 0 spiro atoms. The van der Waals surface area contributed by atoms with Crippen molar-refractivity contribution >= 4 is 5.97 Å². The summed E-state index contributed by atoms with van der Waals surface area (Å²) in [7, 11) is 0. The lowest BCUT2D eigenvalue weighted by Gasteiger charge is -2.15. The third-order valence-electron chi connectivity index (χ3n) is 3.36. The maximum absolute atomic E-state index is 11.3. The van der Waals surface area contributed by atoms with Crippen LogP contribution in [0.1, 0.15) is 58.8 Å². The molecule has 2 atom stereocenters. The lowest BCUT2D eigenvalue weighted by molar-refractivity contribution is -0.144. The summed E-state index contributed by atoms with van der Waals surface area (Å²) < 4.78 is 5.19. The molecule has 1 heterocycles. The van der Waals surface area contributed by atoms with E-state index in [-0.39, 0.29) is 5.97 Å². The molecule has 1 aliphatic heterocycles. The molecular weight excluding hydrogens is 188 g/mol. The van der Waals surface area contributed by atoms with Crippen LogP contribution < -0.4 is 0 Å². The van der Waals surface area contributed by atoms with Gasteiger partial charge in [-0.05, 0) is 24.7 Å². The van der Waals surface area contributed by atoms with Crippen LogP contribution in [0, 0.1) is 11.8 Å². The first-order valence-corrected chi connectivity index (χ1v) is 6.34. The highest BCUT2D eigenvalue weighted by molar-refractivity contribution is 5.69. The van der Waals surface area contributed by atoms with Gasteiger partial charge in [-0.2, -0.15) is 0 Å². The lowest BCUT2D eigenvalue weighted by atomic mass is 9.94. The van der Waals surface area contributed by atoms with Gasteiger partial charge in [0.15, 0.2) is 0 Å². The summed E-state index contributed by atoms with van der Waals surface area (Å²) in [5, 5.41) is 0. The van der Waals surface area contributed by atoms with Crippen LogP contribution in [0.25, 0.3) is 0 Å². The Balaban J connectivity index is 2.33. The van der Waals surface area contributed by atoms with Gasteiger partial charge in [0, 0.05) is 6.42 Å². The van der Waals surface area contributed by atoms with Crippen molar-refractivity contribution in [1.82, 2.24) is 0 Å². The van der Waals surface area contributed by atoms with Crippen LogP contribution in [-0.4, -0.2) is 12.6 Å². The summed E-state index contributed by atoms with van der Waals surface area (Å²) in [6.07, 6.45) is 7.83. The molecule has 0 aliphatic carbocycles. The van der Waals surface area contributed by atoms with Crippen molar-refractivity contribution in [3.8, 4) is 0 Å². The zero-order valence-electron chi connectivity index (χ0n) is 10.1. The number of cyclic esters (lactones) is 1. The second-order valence-corrected chi connectivity index (χ2v) is 5.04. The van der Waals surface area contributed by atoms with E-state index < -0.39 is 0 Å². The average molecular weight is 212 g/mol. The van der Waals surface area contributed by atoms with Gasteiger partial charge in [0.2, 0.25) is 0 Å². The molecule has 1 aliphatic rings. The predicted octanol–water partition coefficient (Wildman–Crippen LogP) is 3.55. The number of ether oxygens (including phenoxy) is 1. The lowest BCUT2D eigenvalue weighted by Crippen LogP contribution is -2.11. The first-order valence-electron chi connectivity index (χ1n) is 6.34. The van der Waals surface area contributed by atoms with E-state index in [4.69, 9.17) is 4.74 Å². The van der Waals surface area contributed by atoms with Crippen molar-refractivity contribution in [2.75, 3.05) is 6.61 Å². The first-order chi connectivity index (χ1) is 7.18. The van der Waals surface area contributed by atoms with Crippen LogP contribution in [-0.2, 0) is 9.53 Å². The summed E-state index contributed by atoms with van der Waals surface area (Å²) in [5.41, 5.74) is 0.